The average molecular weight is 84.2 g/mol. The quantitative estimate of drug-likeness (QED) is 0.427. The van der Waals surface area contributed by atoms with Crippen LogP contribution in [0.1, 0.15) is 16.6 Å². The van der Waals surface area contributed by atoms with Crippen molar-refractivity contribution in [3.8, 4) is 0 Å². The Morgan fingerprint density at radius 3 is 2.33 bits per heavy atom. The molecule has 0 radical (unpaired) electrons. The first-order valence-corrected chi connectivity index (χ1v) is 1.95. The second-order valence-electron chi connectivity index (χ2n) is 0.894. The zero-order valence-electron chi connectivity index (χ0n) is 6.15. The molecular formula is C6H10. The van der Waals surface area contributed by atoms with E-state index in [1.54, 1.807) is 19.1 Å². The predicted molar refractivity (Wildman–Crippen MR) is 29.6 cm³/mol. The van der Waals surface area contributed by atoms with Crippen molar-refractivity contribution in [2.75, 3.05) is 0 Å². The first kappa shape index (κ1) is 2.62. The van der Waals surface area contributed by atoms with E-state index in [0.29, 0.717) is 6.05 Å². The van der Waals surface area contributed by atoms with E-state index in [1.165, 1.54) is 0 Å². The fourth-order valence-corrected chi connectivity index (χ4v) is 0.167. The molecule has 0 spiro atoms. The zero-order valence-corrected chi connectivity index (χ0v) is 4.15. The Labute approximate surface area is 42.0 Å². The lowest BCUT2D eigenvalue weighted by molar-refractivity contribution is 1.69. The van der Waals surface area contributed by atoms with Crippen LogP contribution in [-0.2, 0) is 0 Å². The fourth-order valence-electron chi connectivity index (χ4n) is 0.167. The Kier molecular flexibility index (Phi) is 1.96. The molecule has 0 aliphatic rings. The Balaban J connectivity index is 4.00. The predicted octanol–water partition coefficient (Wildman–Crippen LogP) is 2.14. The Morgan fingerprint density at radius 2 is 2.17 bits per heavy atom. The van der Waals surface area contributed by atoms with Gasteiger partial charge in [0, 0.05) is 0 Å². The lowest BCUT2D eigenvalue weighted by atomic mass is 10.5. The van der Waals surface area contributed by atoms with Gasteiger partial charge in [-0.05, 0) is 13.8 Å². The summed E-state index contributed by atoms with van der Waals surface area (Å²) in [5.41, 5.74) is 0. The van der Waals surface area contributed by atoms with Crippen molar-refractivity contribution in [1.82, 2.24) is 0 Å². The van der Waals surface area contributed by atoms with Crippen LogP contribution >= 0.6 is 0 Å². The normalized spacial score (nSPS) is 19.7. The Bertz CT molecular complexity index is 118. The van der Waals surface area contributed by atoms with E-state index in [0.717, 1.165) is 0 Å². The van der Waals surface area contributed by atoms with E-state index in [9.17, 15) is 0 Å². The van der Waals surface area contributed by atoms with Crippen LogP contribution in [0.4, 0.5) is 0 Å². The molecule has 0 aromatic carbocycles. The van der Waals surface area contributed by atoms with E-state index >= 15 is 0 Å². The molecule has 0 amide bonds. The maximum Gasteiger partial charge on any atom is 0.0619 e. The third-order valence-corrected chi connectivity index (χ3v) is 0.394. The molecule has 0 rings (SSSR count). The van der Waals surface area contributed by atoms with Crippen LogP contribution in [0.25, 0.3) is 0 Å². The summed E-state index contributed by atoms with van der Waals surface area (Å²) in [5.74, 6) is 0. The molecule has 0 bridgehead atoms. The second kappa shape index (κ2) is 4.48. The fraction of sp³-hybridized carbons (Fsp3) is 0.333. The van der Waals surface area contributed by atoms with Gasteiger partial charge in [0.25, 0.3) is 0 Å². The number of allylic oxidation sites excluding steroid dienone is 4. The third kappa shape index (κ3) is 3.48. The van der Waals surface area contributed by atoms with Gasteiger partial charge in [-0.2, -0.15) is 0 Å². The van der Waals surface area contributed by atoms with E-state index in [1.807, 2.05) is 6.92 Å². The standard InChI is InChI=1S/C6H10/c1-3-5-6-4-2/h3-6H,1-2H3/b5-3-,6-4+/i3D,5D. The summed E-state index contributed by atoms with van der Waals surface area (Å²) in [6, 6.07) is 0.593. The monoisotopic (exact) mass is 84.1 g/mol. The van der Waals surface area contributed by atoms with Crippen molar-refractivity contribution < 1.29 is 2.74 Å². The first-order valence-electron chi connectivity index (χ1n) is 2.95. The van der Waals surface area contributed by atoms with E-state index < -0.39 is 0 Å². The summed E-state index contributed by atoms with van der Waals surface area (Å²) in [7, 11) is 0. The van der Waals surface area contributed by atoms with Crippen molar-refractivity contribution in [2.45, 2.75) is 13.8 Å². The Morgan fingerprint density at radius 1 is 1.50 bits per heavy atom. The molecule has 0 saturated carbocycles. The highest BCUT2D eigenvalue weighted by Crippen LogP contribution is 1.71. The molecular weight excluding hydrogens is 72.1 g/mol. The second-order valence-corrected chi connectivity index (χ2v) is 0.894. The van der Waals surface area contributed by atoms with Gasteiger partial charge in [0.2, 0.25) is 0 Å². The van der Waals surface area contributed by atoms with Crippen molar-refractivity contribution in [3.05, 3.63) is 24.3 Å². The smallest absolute Gasteiger partial charge is 0.0619 e. The molecule has 34 valence electrons. The summed E-state index contributed by atoms with van der Waals surface area (Å²) in [6.45, 7) is 3.43. The van der Waals surface area contributed by atoms with Gasteiger partial charge < -0.3 is 0 Å². The minimum Gasteiger partial charge on any atom is -0.0877 e. The van der Waals surface area contributed by atoms with E-state index in [4.69, 9.17) is 2.74 Å². The average Bonchev–Trinajstić information content (AvgIpc) is 1.67. The molecule has 0 aliphatic carbocycles. The number of hydrogen-bond donors (Lipinski definition) is 0. The van der Waals surface area contributed by atoms with Crippen LogP contribution in [0.5, 0.6) is 0 Å². The van der Waals surface area contributed by atoms with Crippen molar-refractivity contribution in [2.24, 2.45) is 0 Å². The van der Waals surface area contributed by atoms with Crippen molar-refractivity contribution in [3.63, 3.8) is 0 Å². The lowest BCUT2D eigenvalue weighted by Gasteiger charge is -1.62. The topological polar surface area (TPSA) is 0 Å². The molecule has 0 fully saturated rings. The summed E-state index contributed by atoms with van der Waals surface area (Å²) in [6.07, 6.45) is 3.35. The third-order valence-electron chi connectivity index (χ3n) is 0.394. The van der Waals surface area contributed by atoms with Gasteiger partial charge in [-0.3, -0.25) is 0 Å². The van der Waals surface area contributed by atoms with Crippen LogP contribution in [0.15, 0.2) is 24.3 Å². The SMILES string of the molecule is [2H]/C(C)=C([2H])/C=C/C. The zero-order chi connectivity index (χ0) is 6.57. The van der Waals surface area contributed by atoms with Crippen LogP contribution < -0.4 is 0 Å². The number of rotatable bonds is 1. The molecule has 0 nitrogen and oxygen atoms in total. The summed E-state index contributed by atoms with van der Waals surface area (Å²) in [4.78, 5) is 0. The molecule has 0 unspecified atom stereocenters. The van der Waals surface area contributed by atoms with E-state index in [2.05, 4.69) is 0 Å². The minimum atomic E-state index is 0.285. The van der Waals surface area contributed by atoms with Gasteiger partial charge in [0.1, 0.15) is 0 Å². The molecule has 0 heterocycles. The highest BCUT2D eigenvalue weighted by molar-refractivity contribution is 4.98. The molecule has 0 aromatic rings. The van der Waals surface area contributed by atoms with Crippen LogP contribution in [0.3, 0.4) is 0 Å². The molecule has 0 atom stereocenters. The molecule has 0 N–H and O–H groups in total. The maximum atomic E-state index is 7.03. The Hall–Kier alpha value is -0.520. The summed E-state index contributed by atoms with van der Waals surface area (Å²) in [5, 5.41) is 0. The van der Waals surface area contributed by atoms with E-state index in [-0.39, 0.29) is 6.05 Å². The minimum absolute atomic E-state index is 0.285. The maximum absolute atomic E-state index is 7.03. The highest BCUT2D eigenvalue weighted by Gasteiger charge is 1.48. The van der Waals surface area contributed by atoms with Crippen molar-refractivity contribution >= 4 is 0 Å². The van der Waals surface area contributed by atoms with Crippen LogP contribution in [0.2, 0.25) is 0 Å². The molecule has 6 heavy (non-hydrogen) atoms. The largest absolute Gasteiger partial charge is 0.0877 e. The molecule has 0 aromatic heterocycles. The van der Waals surface area contributed by atoms with Gasteiger partial charge in [0.15, 0.2) is 0 Å². The van der Waals surface area contributed by atoms with Crippen LogP contribution in [-0.4, -0.2) is 0 Å². The van der Waals surface area contributed by atoms with Crippen LogP contribution in [0, 0.1) is 0 Å². The summed E-state index contributed by atoms with van der Waals surface area (Å²) < 4.78 is 14.0. The highest BCUT2D eigenvalue weighted by atomic mass is 13.6. The first-order chi connectivity index (χ1) is 3.68. The number of hydrogen-bond acceptors (Lipinski definition) is 0. The van der Waals surface area contributed by atoms with Gasteiger partial charge in [-0.25, -0.2) is 0 Å². The summed E-state index contributed by atoms with van der Waals surface area (Å²) >= 11 is 0. The van der Waals surface area contributed by atoms with Gasteiger partial charge in [-0.1, -0.05) is 24.3 Å². The lowest BCUT2D eigenvalue weighted by Crippen LogP contribution is -1.40. The molecule has 0 heteroatoms. The van der Waals surface area contributed by atoms with Gasteiger partial charge in [0.05, 0.1) is 2.74 Å². The van der Waals surface area contributed by atoms with Crippen molar-refractivity contribution in [1.29, 1.82) is 0 Å². The van der Waals surface area contributed by atoms with Gasteiger partial charge in [-0.15, -0.1) is 0 Å². The molecule has 0 aliphatic heterocycles. The molecule has 0 saturated heterocycles. The van der Waals surface area contributed by atoms with Gasteiger partial charge >= 0.3 is 0 Å².